The molecule has 0 saturated heterocycles. The summed E-state index contributed by atoms with van der Waals surface area (Å²) in [5, 5.41) is 8.52. The number of furan rings is 1. The minimum absolute atomic E-state index is 0.809. The topological polar surface area (TPSA) is 29.3 Å². The van der Waals surface area contributed by atoms with Gasteiger partial charge in [0.15, 0.2) is 5.58 Å². The molecule has 0 radical (unpaired) electrons. The van der Waals surface area contributed by atoms with Crippen LogP contribution in [0, 0.1) is 0 Å². The Bertz CT molecular complexity index is 2490. The van der Waals surface area contributed by atoms with Crippen molar-refractivity contribution in [3.63, 3.8) is 0 Å². The Morgan fingerprint density at radius 1 is 0.432 bits per heavy atom. The van der Waals surface area contributed by atoms with Crippen LogP contribution in [0.15, 0.2) is 162 Å². The highest BCUT2D eigenvalue weighted by atomic mass is 16.3. The first-order valence-electron chi connectivity index (χ1n) is 14.9. The summed E-state index contributed by atoms with van der Waals surface area (Å²) >= 11 is 0. The molecular formula is C41H26N2O. The summed E-state index contributed by atoms with van der Waals surface area (Å²) in [5.41, 5.74) is 8.19. The first-order valence-corrected chi connectivity index (χ1v) is 14.9. The number of anilines is 3. The Morgan fingerprint density at radius 3 is 2.00 bits per heavy atom. The zero-order chi connectivity index (χ0) is 29.0. The van der Waals surface area contributed by atoms with E-state index < -0.39 is 0 Å². The molecule has 206 valence electrons. The molecule has 2 aromatic heterocycles. The molecule has 0 N–H and O–H groups in total. The standard InChI is InChI=1S/C41H26N2O/c1-2-10-30(11-3-1)43(38-26-36-32-12-5-4-9-28(32)18-22-34(36)33-13-6-7-14-35(33)38)31-20-16-27(17-21-31)29-19-23-39-37(25-29)41-40(44-39)15-8-24-42-41/h1-26H. The maximum absolute atomic E-state index is 6.02. The monoisotopic (exact) mass is 562 g/mol. The summed E-state index contributed by atoms with van der Waals surface area (Å²) in [5.74, 6) is 0. The lowest BCUT2D eigenvalue weighted by Crippen LogP contribution is -2.10. The molecule has 44 heavy (non-hydrogen) atoms. The van der Waals surface area contributed by atoms with Gasteiger partial charge in [-0.2, -0.15) is 0 Å². The van der Waals surface area contributed by atoms with E-state index in [4.69, 9.17) is 4.42 Å². The Labute approximate surface area is 254 Å². The molecule has 0 fully saturated rings. The number of para-hydroxylation sites is 1. The SMILES string of the molecule is c1ccc(N(c2ccc(-c3ccc4oc5cccnc5c4c3)cc2)c2cc3c4ccccc4ccc3c3ccccc23)cc1. The minimum Gasteiger partial charge on any atom is -0.454 e. The molecule has 0 aliphatic rings. The third-order valence-corrected chi connectivity index (χ3v) is 8.68. The second-order valence-corrected chi connectivity index (χ2v) is 11.2. The van der Waals surface area contributed by atoms with Crippen molar-refractivity contribution in [2.24, 2.45) is 0 Å². The van der Waals surface area contributed by atoms with Crippen LogP contribution in [-0.2, 0) is 0 Å². The number of aromatic nitrogens is 1. The number of hydrogen-bond donors (Lipinski definition) is 0. The quantitative estimate of drug-likeness (QED) is 0.200. The van der Waals surface area contributed by atoms with Crippen molar-refractivity contribution in [1.82, 2.24) is 4.98 Å². The Balaban J connectivity index is 1.24. The van der Waals surface area contributed by atoms with Crippen LogP contribution in [0.5, 0.6) is 0 Å². The van der Waals surface area contributed by atoms with Gasteiger partial charge in [0, 0.05) is 28.3 Å². The second-order valence-electron chi connectivity index (χ2n) is 11.2. The molecule has 0 unspecified atom stereocenters. The van der Waals surface area contributed by atoms with Crippen LogP contribution >= 0.6 is 0 Å². The molecule has 0 atom stereocenters. The normalized spacial score (nSPS) is 11.6. The Morgan fingerprint density at radius 2 is 1.14 bits per heavy atom. The maximum atomic E-state index is 6.02. The maximum Gasteiger partial charge on any atom is 0.153 e. The van der Waals surface area contributed by atoms with Crippen LogP contribution in [0.2, 0.25) is 0 Å². The van der Waals surface area contributed by atoms with Gasteiger partial charge in [-0.05, 0) is 92.7 Å². The summed E-state index contributed by atoms with van der Waals surface area (Å²) in [4.78, 5) is 6.95. The molecule has 7 aromatic carbocycles. The number of hydrogen-bond acceptors (Lipinski definition) is 3. The van der Waals surface area contributed by atoms with Crippen molar-refractivity contribution in [1.29, 1.82) is 0 Å². The zero-order valence-corrected chi connectivity index (χ0v) is 23.8. The predicted molar refractivity (Wildman–Crippen MR) is 184 cm³/mol. The third-order valence-electron chi connectivity index (χ3n) is 8.68. The number of nitrogens with zero attached hydrogens (tertiary/aromatic N) is 2. The highest BCUT2D eigenvalue weighted by molar-refractivity contribution is 6.21. The van der Waals surface area contributed by atoms with Crippen LogP contribution in [0.25, 0.3) is 65.5 Å². The van der Waals surface area contributed by atoms with Crippen LogP contribution < -0.4 is 4.90 Å². The van der Waals surface area contributed by atoms with Crippen molar-refractivity contribution in [2.45, 2.75) is 0 Å². The largest absolute Gasteiger partial charge is 0.454 e. The molecule has 0 saturated carbocycles. The fourth-order valence-corrected chi connectivity index (χ4v) is 6.61. The van der Waals surface area contributed by atoms with E-state index in [0.29, 0.717) is 0 Å². The van der Waals surface area contributed by atoms with Gasteiger partial charge in [0.25, 0.3) is 0 Å². The smallest absolute Gasteiger partial charge is 0.153 e. The second kappa shape index (κ2) is 9.82. The van der Waals surface area contributed by atoms with Gasteiger partial charge in [0.2, 0.25) is 0 Å². The summed E-state index contributed by atoms with van der Waals surface area (Å²) in [6.45, 7) is 0. The van der Waals surface area contributed by atoms with E-state index in [1.54, 1.807) is 0 Å². The molecule has 0 amide bonds. The van der Waals surface area contributed by atoms with Crippen molar-refractivity contribution in [2.75, 3.05) is 4.90 Å². The minimum atomic E-state index is 0.809. The lowest BCUT2D eigenvalue weighted by Gasteiger charge is -2.28. The van der Waals surface area contributed by atoms with Crippen LogP contribution in [0.3, 0.4) is 0 Å². The summed E-state index contributed by atoms with van der Waals surface area (Å²) in [7, 11) is 0. The van der Waals surface area contributed by atoms with Crippen LogP contribution in [0.1, 0.15) is 0 Å². The predicted octanol–water partition coefficient (Wildman–Crippen LogP) is 11.6. The lowest BCUT2D eigenvalue weighted by molar-refractivity contribution is 0.668. The van der Waals surface area contributed by atoms with E-state index in [1.165, 1.54) is 32.3 Å². The zero-order valence-electron chi connectivity index (χ0n) is 23.8. The molecule has 3 heteroatoms. The van der Waals surface area contributed by atoms with Gasteiger partial charge in [-0.1, -0.05) is 97.1 Å². The average molecular weight is 563 g/mol. The molecule has 0 aliphatic heterocycles. The average Bonchev–Trinajstić information content (AvgIpc) is 3.47. The number of fused-ring (bicyclic) bond motifs is 8. The molecule has 0 bridgehead atoms. The van der Waals surface area contributed by atoms with Crippen molar-refractivity contribution >= 4 is 71.4 Å². The summed E-state index contributed by atoms with van der Waals surface area (Å²) in [6.07, 6.45) is 1.82. The van der Waals surface area contributed by atoms with E-state index in [2.05, 4.69) is 143 Å². The Kier molecular flexibility index (Phi) is 5.50. The highest BCUT2D eigenvalue weighted by Gasteiger charge is 2.18. The first kappa shape index (κ1) is 24.6. The molecule has 9 rings (SSSR count). The van der Waals surface area contributed by atoms with Gasteiger partial charge in [-0.3, -0.25) is 4.98 Å². The van der Waals surface area contributed by atoms with Crippen molar-refractivity contribution in [3.8, 4) is 11.1 Å². The summed E-state index contributed by atoms with van der Waals surface area (Å²) < 4.78 is 6.02. The number of benzene rings is 7. The number of rotatable bonds is 4. The van der Waals surface area contributed by atoms with Crippen molar-refractivity contribution < 1.29 is 4.42 Å². The molecule has 0 aliphatic carbocycles. The van der Waals surface area contributed by atoms with Gasteiger partial charge in [0.05, 0.1) is 5.69 Å². The molecular weight excluding hydrogens is 536 g/mol. The van der Waals surface area contributed by atoms with E-state index in [9.17, 15) is 0 Å². The van der Waals surface area contributed by atoms with E-state index in [0.717, 1.165) is 50.3 Å². The summed E-state index contributed by atoms with van der Waals surface area (Å²) in [6, 6.07) is 54.0. The Hall–Kier alpha value is -5.93. The first-order chi connectivity index (χ1) is 21.8. The van der Waals surface area contributed by atoms with Gasteiger partial charge < -0.3 is 9.32 Å². The van der Waals surface area contributed by atoms with E-state index in [-0.39, 0.29) is 0 Å². The van der Waals surface area contributed by atoms with E-state index in [1.807, 2.05) is 24.4 Å². The van der Waals surface area contributed by atoms with E-state index >= 15 is 0 Å². The van der Waals surface area contributed by atoms with Crippen LogP contribution in [0.4, 0.5) is 17.1 Å². The fourth-order valence-electron chi connectivity index (χ4n) is 6.61. The van der Waals surface area contributed by atoms with Gasteiger partial charge in [0.1, 0.15) is 11.1 Å². The highest BCUT2D eigenvalue weighted by Crippen LogP contribution is 2.43. The lowest BCUT2D eigenvalue weighted by atomic mass is 9.95. The van der Waals surface area contributed by atoms with Gasteiger partial charge in [-0.25, -0.2) is 0 Å². The fraction of sp³-hybridized carbons (Fsp3) is 0. The van der Waals surface area contributed by atoms with Crippen LogP contribution in [-0.4, -0.2) is 4.98 Å². The van der Waals surface area contributed by atoms with Gasteiger partial charge in [-0.15, -0.1) is 0 Å². The molecule has 0 spiro atoms. The van der Waals surface area contributed by atoms with Gasteiger partial charge >= 0.3 is 0 Å². The third kappa shape index (κ3) is 3.87. The molecule has 3 nitrogen and oxygen atoms in total. The molecule has 9 aromatic rings. The molecule has 2 heterocycles. The number of pyridine rings is 1. The van der Waals surface area contributed by atoms with Crippen molar-refractivity contribution in [3.05, 3.63) is 158 Å².